The highest BCUT2D eigenvalue weighted by Crippen LogP contribution is 2.33. The minimum absolute atomic E-state index is 0.0413. The maximum atomic E-state index is 12.6. The molecule has 0 bridgehead atoms. The van der Waals surface area contributed by atoms with Crippen LogP contribution < -0.4 is 0 Å². The van der Waals surface area contributed by atoms with Crippen LogP contribution in [-0.2, 0) is 19.1 Å². The molecule has 142 valence electrons. The summed E-state index contributed by atoms with van der Waals surface area (Å²) in [5.41, 5.74) is 0. The summed E-state index contributed by atoms with van der Waals surface area (Å²) in [6.45, 7) is 1.58. The molecule has 6 heteroatoms. The zero-order chi connectivity index (χ0) is 18.2. The number of aliphatic carboxylic acids is 1. The third-order valence-electron chi connectivity index (χ3n) is 5.45. The van der Waals surface area contributed by atoms with Crippen molar-refractivity contribution in [3.05, 3.63) is 0 Å². The molecule has 0 saturated heterocycles. The molecule has 1 atom stereocenters. The van der Waals surface area contributed by atoms with Crippen LogP contribution in [0.25, 0.3) is 0 Å². The molecule has 0 heterocycles. The van der Waals surface area contributed by atoms with Gasteiger partial charge in [-0.2, -0.15) is 0 Å². The Balaban J connectivity index is 1.71. The van der Waals surface area contributed by atoms with E-state index < -0.39 is 11.9 Å². The molecule has 0 aromatic heterocycles. The number of Topliss-reactive ketones (excluding diaryl/α,β-unsaturated/α-hetero) is 1. The number of carbonyl (C=O) groups excluding carboxylic acids is 2. The van der Waals surface area contributed by atoms with Crippen LogP contribution in [0.3, 0.4) is 0 Å². The number of hydrogen-bond acceptors (Lipinski definition) is 5. The van der Waals surface area contributed by atoms with Crippen LogP contribution in [0, 0.1) is 17.8 Å². The summed E-state index contributed by atoms with van der Waals surface area (Å²) < 4.78 is 5.80. The molecular weight excluding hydrogens is 340 g/mol. The van der Waals surface area contributed by atoms with Crippen LogP contribution in [0.15, 0.2) is 0 Å². The van der Waals surface area contributed by atoms with Crippen LogP contribution in [0.5, 0.6) is 0 Å². The predicted molar refractivity (Wildman–Crippen MR) is 97.5 cm³/mol. The van der Waals surface area contributed by atoms with E-state index in [4.69, 9.17) is 4.74 Å². The fourth-order valence-corrected chi connectivity index (χ4v) is 4.57. The molecule has 2 rings (SSSR count). The van der Waals surface area contributed by atoms with E-state index in [1.165, 1.54) is 26.2 Å². The standard InChI is InChI=1S/C19H30O5S/c1-13(20)25-12-16(19(22)23)11-24-17-9-7-15(8-10-17)18(21)14-5-3-2-4-6-14/h14-17H,2-12H2,1H3,(H,22,23). The minimum Gasteiger partial charge on any atom is -0.481 e. The van der Waals surface area contributed by atoms with Crippen LogP contribution in [0.1, 0.15) is 64.7 Å². The molecule has 1 unspecified atom stereocenters. The van der Waals surface area contributed by atoms with Crippen molar-refractivity contribution in [2.24, 2.45) is 17.8 Å². The number of carbonyl (C=O) groups is 3. The second-order valence-corrected chi connectivity index (χ2v) is 8.58. The van der Waals surface area contributed by atoms with Gasteiger partial charge in [0.1, 0.15) is 5.78 Å². The number of carboxylic acid groups (broad SMARTS) is 1. The monoisotopic (exact) mass is 370 g/mol. The third-order valence-corrected chi connectivity index (χ3v) is 6.43. The summed E-state index contributed by atoms with van der Waals surface area (Å²) in [6.07, 6.45) is 9.17. The zero-order valence-corrected chi connectivity index (χ0v) is 15.9. The highest BCUT2D eigenvalue weighted by Gasteiger charge is 2.32. The maximum absolute atomic E-state index is 12.6. The van der Waals surface area contributed by atoms with Crippen molar-refractivity contribution in [1.29, 1.82) is 0 Å². The number of hydrogen-bond donors (Lipinski definition) is 1. The van der Waals surface area contributed by atoms with Gasteiger partial charge in [-0.3, -0.25) is 14.4 Å². The van der Waals surface area contributed by atoms with Crippen molar-refractivity contribution in [3.8, 4) is 0 Å². The maximum Gasteiger partial charge on any atom is 0.309 e. The number of ether oxygens (including phenoxy) is 1. The van der Waals surface area contributed by atoms with Gasteiger partial charge in [-0.15, -0.1) is 0 Å². The number of carboxylic acids is 1. The molecule has 2 fully saturated rings. The number of thioether (sulfide) groups is 1. The lowest BCUT2D eigenvalue weighted by molar-refractivity contribution is -0.144. The van der Waals surface area contributed by atoms with E-state index in [0.29, 0.717) is 5.78 Å². The molecule has 5 nitrogen and oxygen atoms in total. The fourth-order valence-electron chi connectivity index (χ4n) is 3.90. The lowest BCUT2D eigenvalue weighted by Gasteiger charge is -2.31. The van der Waals surface area contributed by atoms with E-state index >= 15 is 0 Å². The Hall–Kier alpha value is -0.880. The first-order chi connectivity index (χ1) is 12.0. The van der Waals surface area contributed by atoms with Gasteiger partial charge in [-0.1, -0.05) is 31.0 Å². The minimum atomic E-state index is -0.921. The lowest BCUT2D eigenvalue weighted by atomic mass is 9.76. The molecule has 0 aromatic rings. The summed E-state index contributed by atoms with van der Waals surface area (Å²) in [5, 5.41) is 9.15. The van der Waals surface area contributed by atoms with Gasteiger partial charge < -0.3 is 9.84 Å². The molecule has 0 amide bonds. The topological polar surface area (TPSA) is 80.7 Å². The molecule has 0 radical (unpaired) electrons. The van der Waals surface area contributed by atoms with Gasteiger partial charge in [0.2, 0.25) is 0 Å². The number of ketones is 1. The van der Waals surface area contributed by atoms with E-state index in [9.17, 15) is 19.5 Å². The average molecular weight is 371 g/mol. The predicted octanol–water partition coefficient (Wildman–Crippen LogP) is 3.69. The Morgan fingerprint density at radius 2 is 1.60 bits per heavy atom. The number of rotatable bonds is 8. The molecule has 2 aliphatic rings. The first-order valence-electron chi connectivity index (χ1n) is 9.49. The molecule has 2 aliphatic carbocycles. The van der Waals surface area contributed by atoms with Crippen LogP contribution >= 0.6 is 11.8 Å². The Kier molecular flexibility index (Phi) is 8.43. The molecule has 2 saturated carbocycles. The zero-order valence-electron chi connectivity index (χ0n) is 15.1. The fraction of sp³-hybridized carbons (Fsp3) is 0.842. The van der Waals surface area contributed by atoms with E-state index in [0.717, 1.165) is 50.3 Å². The van der Waals surface area contributed by atoms with Gasteiger partial charge in [0, 0.05) is 24.5 Å². The van der Waals surface area contributed by atoms with Crippen molar-refractivity contribution in [2.75, 3.05) is 12.4 Å². The largest absolute Gasteiger partial charge is 0.481 e. The average Bonchev–Trinajstić information content (AvgIpc) is 2.62. The first kappa shape index (κ1) is 20.4. The summed E-state index contributed by atoms with van der Waals surface area (Å²) in [5.74, 6) is -0.423. The van der Waals surface area contributed by atoms with E-state index in [1.54, 1.807) is 0 Å². The van der Waals surface area contributed by atoms with Crippen LogP contribution in [-0.4, -0.2) is 40.4 Å². The Bertz CT molecular complexity index is 464. The SMILES string of the molecule is CC(=O)SCC(COC1CCC(C(=O)C2CCCCC2)CC1)C(=O)O. The Labute approximate surface area is 154 Å². The van der Waals surface area contributed by atoms with E-state index in [-0.39, 0.29) is 35.4 Å². The van der Waals surface area contributed by atoms with Crippen molar-refractivity contribution >= 4 is 28.6 Å². The molecule has 0 aromatic carbocycles. The van der Waals surface area contributed by atoms with Gasteiger partial charge in [-0.05, 0) is 38.5 Å². The quantitative estimate of drug-likeness (QED) is 0.702. The highest BCUT2D eigenvalue weighted by molar-refractivity contribution is 8.13. The lowest BCUT2D eigenvalue weighted by Crippen LogP contribution is -2.32. The van der Waals surface area contributed by atoms with E-state index in [1.807, 2.05) is 0 Å². The van der Waals surface area contributed by atoms with Crippen molar-refractivity contribution in [1.82, 2.24) is 0 Å². The van der Waals surface area contributed by atoms with Crippen LogP contribution in [0.4, 0.5) is 0 Å². The van der Waals surface area contributed by atoms with Crippen molar-refractivity contribution in [3.63, 3.8) is 0 Å². The summed E-state index contributed by atoms with van der Waals surface area (Å²) in [6, 6.07) is 0. The summed E-state index contributed by atoms with van der Waals surface area (Å²) >= 11 is 1.03. The molecule has 0 aliphatic heterocycles. The van der Waals surface area contributed by atoms with Crippen LogP contribution in [0.2, 0.25) is 0 Å². The molecular formula is C19H30O5S. The van der Waals surface area contributed by atoms with Gasteiger partial charge >= 0.3 is 5.97 Å². The second kappa shape index (κ2) is 10.3. The first-order valence-corrected chi connectivity index (χ1v) is 10.5. The Morgan fingerprint density at radius 3 is 2.16 bits per heavy atom. The Morgan fingerprint density at radius 1 is 1.00 bits per heavy atom. The van der Waals surface area contributed by atoms with Gasteiger partial charge in [0.25, 0.3) is 0 Å². The van der Waals surface area contributed by atoms with Crippen molar-refractivity contribution < 1.29 is 24.2 Å². The molecule has 25 heavy (non-hydrogen) atoms. The third kappa shape index (κ3) is 6.74. The van der Waals surface area contributed by atoms with E-state index in [2.05, 4.69) is 0 Å². The summed E-state index contributed by atoms with van der Waals surface area (Å²) in [4.78, 5) is 34.9. The highest BCUT2D eigenvalue weighted by atomic mass is 32.2. The van der Waals surface area contributed by atoms with Crippen molar-refractivity contribution in [2.45, 2.75) is 70.8 Å². The van der Waals surface area contributed by atoms with Gasteiger partial charge in [-0.25, -0.2) is 0 Å². The van der Waals surface area contributed by atoms with Gasteiger partial charge in [0.15, 0.2) is 5.12 Å². The summed E-state index contributed by atoms with van der Waals surface area (Å²) in [7, 11) is 0. The second-order valence-electron chi connectivity index (χ2n) is 7.38. The molecule has 0 spiro atoms. The normalized spacial score (nSPS) is 26.1. The van der Waals surface area contributed by atoms with Gasteiger partial charge in [0.05, 0.1) is 18.6 Å². The smallest absolute Gasteiger partial charge is 0.309 e. The molecule has 1 N–H and O–H groups in total.